The van der Waals surface area contributed by atoms with Gasteiger partial charge in [0.1, 0.15) is 5.82 Å². The average Bonchev–Trinajstić information content (AvgIpc) is 3.09. The van der Waals surface area contributed by atoms with Crippen LogP contribution >= 0.6 is 11.6 Å². The molecule has 33 heavy (non-hydrogen) atoms. The Morgan fingerprint density at radius 3 is 2.58 bits per heavy atom. The van der Waals surface area contributed by atoms with Crippen LogP contribution in [0.15, 0.2) is 24.4 Å². The van der Waals surface area contributed by atoms with Crippen molar-refractivity contribution < 1.29 is 19.4 Å². The molecule has 4 fully saturated rings. The Labute approximate surface area is 197 Å². The summed E-state index contributed by atoms with van der Waals surface area (Å²) in [5, 5.41) is 16.0. The van der Waals surface area contributed by atoms with Gasteiger partial charge in [-0.25, -0.2) is 4.98 Å². The van der Waals surface area contributed by atoms with Gasteiger partial charge in [-0.05, 0) is 42.3 Å². The summed E-state index contributed by atoms with van der Waals surface area (Å²) in [6, 6.07) is 5.94. The highest BCUT2D eigenvalue weighted by Gasteiger charge is 2.58. The van der Waals surface area contributed by atoms with Gasteiger partial charge in [-0.2, -0.15) is 0 Å². The fourth-order valence-corrected chi connectivity index (χ4v) is 6.01. The number of nitrogens with zero attached hydrogens (tertiary/aromatic N) is 3. The molecule has 1 aliphatic carbocycles. The Kier molecular flexibility index (Phi) is 5.27. The highest BCUT2D eigenvalue weighted by atomic mass is 35.5. The second-order valence-electron chi connectivity index (χ2n) is 9.96. The van der Waals surface area contributed by atoms with Gasteiger partial charge in [0.05, 0.1) is 48.8 Å². The number of aromatic nitrogens is 1. The van der Waals surface area contributed by atoms with E-state index in [9.17, 15) is 9.90 Å². The Morgan fingerprint density at radius 1 is 1.12 bits per heavy atom. The SMILES string of the molecule is CC1(N2CCN(c3cc4cc(NC(=O)C5C6COCC65)ncc4cc3Cl)CC2)COCC1O. The molecule has 4 aliphatic rings. The average molecular weight is 473 g/mol. The van der Waals surface area contributed by atoms with E-state index in [1.807, 2.05) is 12.1 Å². The number of aliphatic hydroxyl groups is 1. The van der Waals surface area contributed by atoms with E-state index < -0.39 is 6.10 Å². The number of piperazine rings is 1. The number of carbonyl (C=O) groups excluding carboxylic acids is 1. The van der Waals surface area contributed by atoms with Crippen LogP contribution in [0.5, 0.6) is 0 Å². The molecule has 6 rings (SSSR count). The molecule has 1 saturated carbocycles. The first-order valence-electron chi connectivity index (χ1n) is 11.7. The summed E-state index contributed by atoms with van der Waals surface area (Å²) in [5.41, 5.74) is 0.652. The van der Waals surface area contributed by atoms with Crippen LogP contribution in [0.4, 0.5) is 11.5 Å². The molecular formula is C24H29ClN4O4. The minimum atomic E-state index is -0.461. The minimum absolute atomic E-state index is 0.0389. The number of fused-ring (bicyclic) bond motifs is 2. The number of ether oxygens (including phenoxy) is 2. The maximum absolute atomic E-state index is 12.6. The molecule has 4 unspecified atom stereocenters. The summed E-state index contributed by atoms with van der Waals surface area (Å²) in [5.74, 6) is 1.40. The van der Waals surface area contributed by atoms with Gasteiger partial charge in [-0.3, -0.25) is 9.69 Å². The van der Waals surface area contributed by atoms with Crippen LogP contribution in [0.25, 0.3) is 10.8 Å². The van der Waals surface area contributed by atoms with Gasteiger partial charge in [0, 0.05) is 43.7 Å². The zero-order valence-electron chi connectivity index (χ0n) is 18.7. The van der Waals surface area contributed by atoms with Gasteiger partial charge in [-0.15, -0.1) is 0 Å². The van der Waals surface area contributed by atoms with Crippen LogP contribution in [0.3, 0.4) is 0 Å². The Balaban J connectivity index is 1.17. The van der Waals surface area contributed by atoms with E-state index in [0.717, 1.165) is 42.6 Å². The number of hydrogen-bond donors (Lipinski definition) is 2. The number of pyridine rings is 1. The van der Waals surface area contributed by atoms with Crippen molar-refractivity contribution in [3.8, 4) is 0 Å². The molecule has 4 heterocycles. The summed E-state index contributed by atoms with van der Waals surface area (Å²) in [6.45, 7) is 7.70. The molecule has 9 heteroatoms. The van der Waals surface area contributed by atoms with Crippen molar-refractivity contribution in [1.29, 1.82) is 0 Å². The number of amides is 1. The molecule has 0 radical (unpaired) electrons. The summed E-state index contributed by atoms with van der Waals surface area (Å²) >= 11 is 6.65. The first-order valence-corrected chi connectivity index (χ1v) is 12.1. The van der Waals surface area contributed by atoms with E-state index in [1.165, 1.54) is 0 Å². The normalized spacial score (nSPS) is 34.0. The second kappa shape index (κ2) is 8.06. The maximum atomic E-state index is 12.6. The first kappa shape index (κ1) is 21.6. The van der Waals surface area contributed by atoms with Gasteiger partial charge in [0.25, 0.3) is 0 Å². The largest absolute Gasteiger partial charge is 0.389 e. The molecule has 1 amide bonds. The third-order valence-corrected chi connectivity index (χ3v) is 8.33. The topological polar surface area (TPSA) is 87.2 Å². The number of anilines is 2. The molecule has 3 saturated heterocycles. The molecule has 4 atom stereocenters. The highest BCUT2D eigenvalue weighted by Crippen LogP contribution is 2.51. The number of carbonyl (C=O) groups is 1. The van der Waals surface area contributed by atoms with Crippen LogP contribution in [0.2, 0.25) is 5.02 Å². The van der Waals surface area contributed by atoms with E-state index in [0.29, 0.717) is 49.1 Å². The monoisotopic (exact) mass is 472 g/mol. The zero-order chi connectivity index (χ0) is 22.7. The van der Waals surface area contributed by atoms with E-state index >= 15 is 0 Å². The van der Waals surface area contributed by atoms with E-state index in [4.69, 9.17) is 21.1 Å². The van der Waals surface area contributed by atoms with Crippen molar-refractivity contribution in [2.45, 2.75) is 18.6 Å². The lowest BCUT2D eigenvalue weighted by Crippen LogP contribution is -2.60. The molecule has 2 aromatic rings. The lowest BCUT2D eigenvalue weighted by Gasteiger charge is -2.45. The molecule has 0 bridgehead atoms. The van der Waals surface area contributed by atoms with Crippen molar-refractivity contribution in [2.75, 3.05) is 62.8 Å². The van der Waals surface area contributed by atoms with Crippen molar-refractivity contribution in [1.82, 2.24) is 9.88 Å². The molecule has 1 aromatic carbocycles. The minimum Gasteiger partial charge on any atom is -0.389 e. The first-order chi connectivity index (χ1) is 15.9. The quantitative estimate of drug-likeness (QED) is 0.703. The van der Waals surface area contributed by atoms with Gasteiger partial charge >= 0.3 is 0 Å². The predicted octanol–water partition coefficient (Wildman–Crippen LogP) is 1.99. The number of benzene rings is 1. The van der Waals surface area contributed by atoms with Crippen LogP contribution in [0, 0.1) is 17.8 Å². The van der Waals surface area contributed by atoms with Gasteiger partial charge in [-0.1, -0.05) is 11.6 Å². The summed E-state index contributed by atoms with van der Waals surface area (Å²) in [7, 11) is 0. The molecule has 3 aliphatic heterocycles. The van der Waals surface area contributed by atoms with Gasteiger partial charge in [0.15, 0.2) is 0 Å². The van der Waals surface area contributed by atoms with Crippen LogP contribution in [-0.4, -0.2) is 85.1 Å². The summed E-state index contributed by atoms with van der Waals surface area (Å²) < 4.78 is 10.9. The number of rotatable bonds is 4. The fraction of sp³-hybridized carbons (Fsp3) is 0.583. The number of aliphatic hydroxyl groups excluding tert-OH is 1. The van der Waals surface area contributed by atoms with E-state index in [-0.39, 0.29) is 17.4 Å². The zero-order valence-corrected chi connectivity index (χ0v) is 19.4. The van der Waals surface area contributed by atoms with Crippen molar-refractivity contribution in [3.63, 3.8) is 0 Å². The van der Waals surface area contributed by atoms with Crippen molar-refractivity contribution in [3.05, 3.63) is 29.4 Å². The molecule has 176 valence electrons. The Bertz CT molecular complexity index is 1080. The van der Waals surface area contributed by atoms with Gasteiger partial charge in [0.2, 0.25) is 5.91 Å². The molecule has 0 spiro atoms. The van der Waals surface area contributed by atoms with Crippen LogP contribution < -0.4 is 10.2 Å². The molecule has 1 aromatic heterocycles. The number of hydrogen-bond acceptors (Lipinski definition) is 7. The summed E-state index contributed by atoms with van der Waals surface area (Å²) in [4.78, 5) is 21.7. The fourth-order valence-electron chi connectivity index (χ4n) is 5.72. The third kappa shape index (κ3) is 3.68. The van der Waals surface area contributed by atoms with Crippen LogP contribution in [-0.2, 0) is 14.3 Å². The lowest BCUT2D eigenvalue weighted by molar-refractivity contribution is -0.118. The highest BCUT2D eigenvalue weighted by molar-refractivity contribution is 6.34. The summed E-state index contributed by atoms with van der Waals surface area (Å²) in [6.07, 6.45) is 1.30. The lowest BCUT2D eigenvalue weighted by atomic mass is 9.95. The second-order valence-corrected chi connectivity index (χ2v) is 10.4. The maximum Gasteiger partial charge on any atom is 0.229 e. The van der Waals surface area contributed by atoms with Crippen molar-refractivity contribution in [2.24, 2.45) is 17.8 Å². The van der Waals surface area contributed by atoms with Crippen molar-refractivity contribution >= 4 is 39.8 Å². The number of halogens is 1. The predicted molar refractivity (Wildman–Crippen MR) is 126 cm³/mol. The van der Waals surface area contributed by atoms with E-state index in [2.05, 4.69) is 33.1 Å². The Hall–Kier alpha value is -1.97. The smallest absolute Gasteiger partial charge is 0.229 e. The Morgan fingerprint density at radius 2 is 1.88 bits per heavy atom. The standard InChI is InChI=1S/C24H29ClN4O4/c1-24(13-33-12-20(24)30)29-4-2-28(3-5-29)19-7-14-8-21(26-9-15(14)6-18(19)25)27-23(31)22-16-10-32-11-17(16)22/h6-9,16-17,20,22,30H,2-5,10-13H2,1H3,(H,26,27,31). The molecule has 2 N–H and O–H groups in total. The third-order valence-electron chi connectivity index (χ3n) is 8.02. The van der Waals surface area contributed by atoms with Crippen LogP contribution in [0.1, 0.15) is 6.92 Å². The molecule has 8 nitrogen and oxygen atoms in total. The molecular weight excluding hydrogens is 444 g/mol. The van der Waals surface area contributed by atoms with Gasteiger partial charge < -0.3 is 24.8 Å². The number of nitrogens with one attached hydrogen (secondary N) is 1. The van der Waals surface area contributed by atoms with E-state index in [1.54, 1.807) is 6.20 Å².